The highest BCUT2D eigenvalue weighted by atomic mass is 16.2. The summed E-state index contributed by atoms with van der Waals surface area (Å²) in [7, 11) is 0. The van der Waals surface area contributed by atoms with Crippen molar-refractivity contribution in [1.29, 1.82) is 0 Å². The van der Waals surface area contributed by atoms with Gasteiger partial charge in [-0.15, -0.1) is 0 Å². The highest BCUT2D eigenvalue weighted by Crippen LogP contribution is 2.18. The molecule has 1 aliphatic carbocycles. The summed E-state index contributed by atoms with van der Waals surface area (Å²) >= 11 is 0. The summed E-state index contributed by atoms with van der Waals surface area (Å²) < 4.78 is 0. The monoisotopic (exact) mass is 257 g/mol. The van der Waals surface area contributed by atoms with E-state index in [4.69, 9.17) is 0 Å². The number of aromatic amines is 1. The van der Waals surface area contributed by atoms with Gasteiger partial charge in [0.25, 0.3) is 5.91 Å². The van der Waals surface area contributed by atoms with E-state index in [0.717, 1.165) is 23.7 Å². The molecule has 0 aliphatic heterocycles. The van der Waals surface area contributed by atoms with Crippen molar-refractivity contribution in [1.82, 2.24) is 15.6 Å². The quantitative estimate of drug-likeness (QED) is 0.769. The molecule has 0 spiro atoms. The average molecular weight is 257 g/mol. The van der Waals surface area contributed by atoms with Crippen molar-refractivity contribution in [2.45, 2.75) is 18.9 Å². The number of nitrogens with one attached hydrogen (secondary N) is 3. The Kier molecular flexibility index (Phi) is 2.95. The van der Waals surface area contributed by atoms with E-state index in [9.17, 15) is 9.59 Å². The van der Waals surface area contributed by atoms with E-state index >= 15 is 0 Å². The molecule has 1 heterocycles. The van der Waals surface area contributed by atoms with Gasteiger partial charge in [-0.25, -0.2) is 0 Å². The molecule has 5 heteroatoms. The summed E-state index contributed by atoms with van der Waals surface area (Å²) in [5.41, 5.74) is 1.55. The largest absolute Gasteiger partial charge is 0.361 e. The number of rotatable bonds is 4. The molecule has 98 valence electrons. The predicted molar refractivity (Wildman–Crippen MR) is 71.8 cm³/mol. The van der Waals surface area contributed by atoms with Gasteiger partial charge < -0.3 is 15.6 Å². The maximum absolute atomic E-state index is 11.9. The van der Waals surface area contributed by atoms with Crippen molar-refractivity contribution >= 4 is 22.7 Å². The fraction of sp³-hybridized carbons (Fsp3) is 0.286. The fourth-order valence-corrected chi connectivity index (χ4v) is 1.96. The average Bonchev–Trinajstić information content (AvgIpc) is 3.09. The Hall–Kier alpha value is -2.30. The van der Waals surface area contributed by atoms with Crippen molar-refractivity contribution in [2.75, 3.05) is 6.54 Å². The van der Waals surface area contributed by atoms with Crippen molar-refractivity contribution < 1.29 is 9.59 Å². The number of hydrogen-bond donors (Lipinski definition) is 3. The molecule has 1 aromatic carbocycles. The number of benzene rings is 1. The first-order chi connectivity index (χ1) is 9.22. The van der Waals surface area contributed by atoms with Crippen LogP contribution in [-0.4, -0.2) is 29.4 Å². The number of amides is 2. The maximum Gasteiger partial charge on any atom is 0.251 e. The highest BCUT2D eigenvalue weighted by Gasteiger charge is 2.23. The van der Waals surface area contributed by atoms with Crippen LogP contribution in [0.3, 0.4) is 0 Å². The van der Waals surface area contributed by atoms with Crippen molar-refractivity contribution in [3.8, 4) is 0 Å². The minimum atomic E-state index is -0.228. The van der Waals surface area contributed by atoms with Gasteiger partial charge in [0, 0.05) is 28.7 Å². The van der Waals surface area contributed by atoms with E-state index in [2.05, 4.69) is 15.6 Å². The lowest BCUT2D eigenvalue weighted by atomic mass is 10.1. The first-order valence-corrected chi connectivity index (χ1v) is 6.37. The van der Waals surface area contributed by atoms with Crippen LogP contribution in [0, 0.1) is 0 Å². The third kappa shape index (κ3) is 2.76. The van der Waals surface area contributed by atoms with Gasteiger partial charge in [0.2, 0.25) is 5.91 Å². The topological polar surface area (TPSA) is 74.0 Å². The molecule has 3 rings (SSSR count). The molecule has 0 atom stereocenters. The third-order valence-corrected chi connectivity index (χ3v) is 3.17. The Morgan fingerprint density at radius 3 is 2.89 bits per heavy atom. The van der Waals surface area contributed by atoms with Crippen LogP contribution >= 0.6 is 0 Å². The Balaban J connectivity index is 1.60. The lowest BCUT2D eigenvalue weighted by Gasteiger charge is -2.06. The van der Waals surface area contributed by atoms with E-state index in [1.54, 1.807) is 12.1 Å². The summed E-state index contributed by atoms with van der Waals surface area (Å²) in [4.78, 5) is 26.5. The summed E-state index contributed by atoms with van der Waals surface area (Å²) in [6.07, 6.45) is 3.92. The number of aromatic nitrogens is 1. The molecule has 1 aliphatic rings. The van der Waals surface area contributed by atoms with Crippen LogP contribution in [0.4, 0.5) is 0 Å². The molecule has 0 saturated heterocycles. The van der Waals surface area contributed by atoms with Crippen molar-refractivity contribution in [3.63, 3.8) is 0 Å². The number of H-pyrrole nitrogens is 1. The fourth-order valence-electron chi connectivity index (χ4n) is 1.96. The van der Waals surface area contributed by atoms with Gasteiger partial charge in [0.05, 0.1) is 6.54 Å². The normalized spacial score (nSPS) is 14.3. The minimum absolute atomic E-state index is 0.0283. The van der Waals surface area contributed by atoms with Gasteiger partial charge in [0.15, 0.2) is 0 Å². The molecule has 1 aromatic heterocycles. The van der Waals surface area contributed by atoms with Crippen LogP contribution in [0.15, 0.2) is 30.5 Å². The smallest absolute Gasteiger partial charge is 0.251 e. The zero-order valence-corrected chi connectivity index (χ0v) is 10.4. The molecule has 1 fully saturated rings. The zero-order valence-electron chi connectivity index (χ0n) is 10.4. The molecule has 0 radical (unpaired) electrons. The molecule has 2 aromatic rings. The summed E-state index contributed by atoms with van der Waals surface area (Å²) in [5.74, 6) is -0.354. The van der Waals surface area contributed by atoms with E-state index in [0.29, 0.717) is 11.6 Å². The second-order valence-corrected chi connectivity index (χ2v) is 4.80. The van der Waals surface area contributed by atoms with Crippen molar-refractivity contribution in [2.24, 2.45) is 0 Å². The Labute approximate surface area is 110 Å². The van der Waals surface area contributed by atoms with Gasteiger partial charge in [-0.2, -0.15) is 0 Å². The van der Waals surface area contributed by atoms with Gasteiger partial charge >= 0.3 is 0 Å². The third-order valence-electron chi connectivity index (χ3n) is 3.17. The number of carbonyl (C=O) groups excluding carboxylic acids is 2. The van der Waals surface area contributed by atoms with Crippen LogP contribution in [0.2, 0.25) is 0 Å². The van der Waals surface area contributed by atoms with E-state index in [1.165, 1.54) is 0 Å². The maximum atomic E-state index is 11.9. The standard InChI is InChI=1S/C14H15N3O2/c18-13(17-11-2-3-11)8-16-14(19)10-1-4-12-9(7-10)5-6-15-12/h1,4-7,11,15H,2-3,8H2,(H,16,19)(H,17,18). The molecular formula is C14H15N3O2. The Morgan fingerprint density at radius 2 is 2.11 bits per heavy atom. The predicted octanol–water partition coefficient (Wildman–Crippen LogP) is 1.18. The summed E-state index contributed by atoms with van der Waals surface area (Å²) in [6.45, 7) is 0.0283. The zero-order chi connectivity index (χ0) is 13.2. The van der Waals surface area contributed by atoms with Crippen LogP contribution in [-0.2, 0) is 4.79 Å². The van der Waals surface area contributed by atoms with E-state index in [-0.39, 0.29) is 18.4 Å². The Morgan fingerprint density at radius 1 is 1.26 bits per heavy atom. The molecule has 2 amide bonds. The molecule has 0 bridgehead atoms. The lowest BCUT2D eigenvalue weighted by Crippen LogP contribution is -2.37. The molecular weight excluding hydrogens is 242 g/mol. The first kappa shape index (κ1) is 11.8. The SMILES string of the molecule is O=C(CNC(=O)c1ccc2[nH]ccc2c1)NC1CC1. The molecule has 19 heavy (non-hydrogen) atoms. The van der Waals surface area contributed by atoms with Gasteiger partial charge in [0.1, 0.15) is 0 Å². The number of fused-ring (bicyclic) bond motifs is 1. The highest BCUT2D eigenvalue weighted by molar-refractivity contribution is 5.99. The molecule has 1 saturated carbocycles. The molecule has 5 nitrogen and oxygen atoms in total. The van der Waals surface area contributed by atoms with Crippen LogP contribution in [0.25, 0.3) is 10.9 Å². The molecule has 0 unspecified atom stereocenters. The summed E-state index contributed by atoms with van der Waals surface area (Å²) in [6, 6.07) is 7.63. The van der Waals surface area contributed by atoms with E-state index in [1.807, 2.05) is 18.3 Å². The lowest BCUT2D eigenvalue weighted by molar-refractivity contribution is -0.120. The van der Waals surface area contributed by atoms with Crippen LogP contribution in [0.1, 0.15) is 23.2 Å². The second-order valence-electron chi connectivity index (χ2n) is 4.80. The van der Waals surface area contributed by atoms with Crippen LogP contribution < -0.4 is 10.6 Å². The minimum Gasteiger partial charge on any atom is -0.361 e. The summed E-state index contributed by atoms with van der Waals surface area (Å²) in [5, 5.41) is 6.44. The van der Waals surface area contributed by atoms with Gasteiger partial charge in [-0.3, -0.25) is 9.59 Å². The Bertz CT molecular complexity index is 628. The van der Waals surface area contributed by atoms with Crippen molar-refractivity contribution in [3.05, 3.63) is 36.0 Å². The number of hydrogen-bond acceptors (Lipinski definition) is 2. The van der Waals surface area contributed by atoms with Crippen LogP contribution in [0.5, 0.6) is 0 Å². The number of carbonyl (C=O) groups is 2. The first-order valence-electron chi connectivity index (χ1n) is 6.37. The second kappa shape index (κ2) is 4.76. The van der Waals surface area contributed by atoms with E-state index < -0.39 is 0 Å². The van der Waals surface area contributed by atoms with Gasteiger partial charge in [-0.05, 0) is 37.1 Å². The molecule has 3 N–H and O–H groups in total. The van der Waals surface area contributed by atoms with Gasteiger partial charge in [-0.1, -0.05) is 0 Å².